The Bertz CT molecular complexity index is 898. The molecule has 0 aliphatic heterocycles. The zero-order valence-electron chi connectivity index (χ0n) is 15.7. The minimum absolute atomic E-state index is 0. The summed E-state index contributed by atoms with van der Waals surface area (Å²) in [6.07, 6.45) is 1.77. The van der Waals surface area contributed by atoms with Crippen LogP contribution in [0.1, 0.15) is 16.8 Å². The minimum atomic E-state index is -0.375. The first-order valence-electron chi connectivity index (χ1n) is 8.50. The summed E-state index contributed by atoms with van der Waals surface area (Å²) in [4.78, 5) is 4.30. The second-order valence-corrected chi connectivity index (χ2v) is 6.30. The van der Waals surface area contributed by atoms with E-state index in [9.17, 15) is 4.39 Å². The van der Waals surface area contributed by atoms with Gasteiger partial charge in [-0.15, -0.1) is 0 Å². The lowest BCUT2D eigenvalue weighted by molar-refractivity contribution is -0.001000. The number of nitrogens with one attached hydrogen (secondary N) is 1. The number of ether oxygens (including phenoxy) is 2. The van der Waals surface area contributed by atoms with Gasteiger partial charge in [0.25, 0.3) is 0 Å². The van der Waals surface area contributed by atoms with Gasteiger partial charge in [-0.25, -0.2) is 4.39 Å². The van der Waals surface area contributed by atoms with Crippen LogP contribution >= 0.6 is 11.6 Å². The molecule has 1 heterocycles. The molecule has 0 aliphatic rings. The molecule has 3 rings (SSSR count). The lowest BCUT2D eigenvalue weighted by Crippen LogP contribution is -3.00. The largest absolute Gasteiger partial charge is 1.00 e. The van der Waals surface area contributed by atoms with Crippen molar-refractivity contribution in [3.63, 3.8) is 0 Å². The number of methoxy groups -OCH3 is 1. The zero-order chi connectivity index (χ0) is 19.1. The van der Waals surface area contributed by atoms with Crippen molar-refractivity contribution in [1.29, 1.82) is 0 Å². The highest BCUT2D eigenvalue weighted by Crippen LogP contribution is 2.32. The number of nitrogens with zero attached hydrogens (tertiary/aromatic N) is 1. The Kier molecular flexibility index (Phi) is 10.8. The van der Waals surface area contributed by atoms with Crippen molar-refractivity contribution in [2.45, 2.75) is 19.7 Å². The summed E-state index contributed by atoms with van der Waals surface area (Å²) in [5, 5.41) is 3.69. The van der Waals surface area contributed by atoms with Gasteiger partial charge in [-0.05, 0) is 30.3 Å². The minimum Gasteiger partial charge on any atom is -1.00 e. The second kappa shape index (κ2) is 12.5. The number of pyridine rings is 1. The third-order valence-electron chi connectivity index (χ3n) is 4.02. The highest BCUT2D eigenvalue weighted by Gasteiger charge is 2.12. The molecule has 8 heteroatoms. The third kappa shape index (κ3) is 7.05. The zero-order valence-corrected chi connectivity index (χ0v) is 17.9. The molecule has 0 radical (unpaired) electrons. The van der Waals surface area contributed by atoms with Crippen LogP contribution in [0.3, 0.4) is 0 Å². The molecule has 156 valence electrons. The van der Waals surface area contributed by atoms with Crippen LogP contribution in [0.25, 0.3) is 0 Å². The summed E-state index contributed by atoms with van der Waals surface area (Å²) in [5.74, 6) is 0.889. The molecular weight excluding hydrogens is 438 g/mol. The smallest absolute Gasteiger partial charge is 0.166 e. The second-order valence-electron chi connectivity index (χ2n) is 5.90. The summed E-state index contributed by atoms with van der Waals surface area (Å²) in [6.45, 7) is 1.44. The normalized spacial score (nSPS) is 9.90. The van der Waals surface area contributed by atoms with Gasteiger partial charge in [0.1, 0.15) is 12.4 Å². The summed E-state index contributed by atoms with van der Waals surface area (Å²) >= 11 is 6.09. The predicted octanol–water partition coefficient (Wildman–Crippen LogP) is -1.24. The van der Waals surface area contributed by atoms with Gasteiger partial charge in [-0.3, -0.25) is 4.98 Å². The maximum absolute atomic E-state index is 13.2. The molecule has 0 saturated carbocycles. The molecule has 0 spiro atoms. The molecule has 29 heavy (non-hydrogen) atoms. The number of aromatic nitrogens is 1. The van der Waals surface area contributed by atoms with Gasteiger partial charge in [0.15, 0.2) is 11.5 Å². The van der Waals surface area contributed by atoms with Crippen LogP contribution in [0.2, 0.25) is 5.02 Å². The molecule has 0 atom stereocenters. The lowest BCUT2D eigenvalue weighted by Gasteiger charge is -2.16. The molecule has 1 N–H and O–H groups in total. The van der Waals surface area contributed by atoms with Crippen LogP contribution in [0.15, 0.2) is 60.8 Å². The SMILES string of the molecule is COc1cccc(CNCc2ccccn2)c1OCc1ccc(F)cc1Cl.[Cl-].[Cl-]. The van der Waals surface area contributed by atoms with Crippen molar-refractivity contribution < 1.29 is 38.7 Å². The molecule has 0 amide bonds. The highest BCUT2D eigenvalue weighted by molar-refractivity contribution is 6.31. The predicted molar refractivity (Wildman–Crippen MR) is 104 cm³/mol. The van der Waals surface area contributed by atoms with Crippen molar-refractivity contribution >= 4 is 11.6 Å². The monoisotopic (exact) mass is 456 g/mol. The number of rotatable bonds is 8. The van der Waals surface area contributed by atoms with Gasteiger partial charge < -0.3 is 39.6 Å². The molecule has 3 aromatic rings. The molecule has 0 aliphatic carbocycles. The van der Waals surface area contributed by atoms with Crippen LogP contribution < -0.4 is 39.6 Å². The first-order valence-corrected chi connectivity index (χ1v) is 8.88. The number of halogens is 4. The van der Waals surface area contributed by atoms with Gasteiger partial charge in [-0.2, -0.15) is 0 Å². The van der Waals surface area contributed by atoms with Gasteiger partial charge >= 0.3 is 0 Å². The lowest BCUT2D eigenvalue weighted by atomic mass is 10.1. The highest BCUT2D eigenvalue weighted by atomic mass is 35.5. The molecule has 1 aromatic heterocycles. The summed E-state index contributed by atoms with van der Waals surface area (Å²) in [6, 6.07) is 15.8. The van der Waals surface area contributed by atoms with Crippen LogP contribution in [0, 0.1) is 5.82 Å². The Hall–Kier alpha value is -2.05. The van der Waals surface area contributed by atoms with Crippen molar-refractivity contribution in [3.8, 4) is 11.5 Å². The van der Waals surface area contributed by atoms with E-state index in [4.69, 9.17) is 21.1 Å². The number of hydrogen-bond donors (Lipinski definition) is 1. The molecular formula is C21H20Cl3FN2O2-2. The number of benzene rings is 2. The fourth-order valence-corrected chi connectivity index (χ4v) is 2.86. The van der Waals surface area contributed by atoms with Crippen molar-refractivity contribution in [1.82, 2.24) is 10.3 Å². The van der Waals surface area contributed by atoms with Crippen LogP contribution in [0.4, 0.5) is 4.39 Å². The molecule has 0 fully saturated rings. The van der Waals surface area contributed by atoms with Crippen LogP contribution in [-0.4, -0.2) is 12.1 Å². The van der Waals surface area contributed by atoms with Crippen LogP contribution in [-0.2, 0) is 19.7 Å². The van der Waals surface area contributed by atoms with E-state index in [2.05, 4.69) is 10.3 Å². The first-order chi connectivity index (χ1) is 13.2. The van der Waals surface area contributed by atoms with E-state index in [0.29, 0.717) is 35.2 Å². The van der Waals surface area contributed by atoms with E-state index in [0.717, 1.165) is 11.3 Å². The van der Waals surface area contributed by atoms with E-state index in [-0.39, 0.29) is 37.2 Å². The molecule has 2 aromatic carbocycles. The Morgan fingerprint density at radius 3 is 2.52 bits per heavy atom. The van der Waals surface area contributed by atoms with Gasteiger partial charge in [0, 0.05) is 30.4 Å². The van der Waals surface area contributed by atoms with E-state index in [1.54, 1.807) is 19.4 Å². The van der Waals surface area contributed by atoms with E-state index in [1.165, 1.54) is 12.1 Å². The Labute approximate surface area is 187 Å². The van der Waals surface area contributed by atoms with Crippen molar-refractivity contribution in [3.05, 3.63) is 88.5 Å². The van der Waals surface area contributed by atoms with Gasteiger partial charge in [0.2, 0.25) is 0 Å². The topological polar surface area (TPSA) is 43.4 Å². The van der Waals surface area contributed by atoms with Crippen LogP contribution in [0.5, 0.6) is 11.5 Å². The third-order valence-corrected chi connectivity index (χ3v) is 4.37. The standard InChI is InChI=1S/C21H20ClFN2O2.2ClH/c1-26-20-7-4-5-15(12-24-13-18-6-2-3-10-25-18)21(20)27-14-16-8-9-17(23)11-19(16)22;;/h2-11,24H,12-14H2,1H3;2*1H/p-2. The quantitative estimate of drug-likeness (QED) is 0.460. The molecule has 0 unspecified atom stereocenters. The Morgan fingerprint density at radius 2 is 1.83 bits per heavy atom. The first kappa shape index (κ1) is 25.0. The van der Waals surface area contributed by atoms with E-state index < -0.39 is 0 Å². The fourth-order valence-electron chi connectivity index (χ4n) is 2.64. The number of hydrogen-bond acceptors (Lipinski definition) is 4. The summed E-state index contributed by atoms with van der Waals surface area (Å²) in [7, 11) is 1.60. The van der Waals surface area contributed by atoms with Crippen molar-refractivity contribution in [2.75, 3.05) is 7.11 Å². The number of para-hydroxylation sites is 1. The van der Waals surface area contributed by atoms with Crippen molar-refractivity contribution in [2.24, 2.45) is 0 Å². The fraction of sp³-hybridized carbons (Fsp3) is 0.190. The Morgan fingerprint density at radius 1 is 1.00 bits per heavy atom. The molecule has 0 saturated heterocycles. The molecule has 4 nitrogen and oxygen atoms in total. The summed E-state index contributed by atoms with van der Waals surface area (Å²) < 4.78 is 24.6. The van der Waals surface area contributed by atoms with E-state index >= 15 is 0 Å². The maximum Gasteiger partial charge on any atom is 0.166 e. The Balaban J connectivity index is 0.00000210. The molecule has 0 bridgehead atoms. The summed E-state index contributed by atoms with van der Waals surface area (Å²) in [5.41, 5.74) is 2.61. The van der Waals surface area contributed by atoms with E-state index in [1.807, 2.05) is 36.4 Å². The van der Waals surface area contributed by atoms with Gasteiger partial charge in [-0.1, -0.05) is 35.9 Å². The average molecular weight is 458 g/mol. The maximum atomic E-state index is 13.2. The van der Waals surface area contributed by atoms with Gasteiger partial charge in [0.05, 0.1) is 17.8 Å². The average Bonchev–Trinajstić information content (AvgIpc) is 2.68.